The van der Waals surface area contributed by atoms with E-state index in [1.807, 2.05) is 23.1 Å². The van der Waals surface area contributed by atoms with Gasteiger partial charge in [-0.25, -0.2) is 4.79 Å². The van der Waals surface area contributed by atoms with E-state index in [9.17, 15) is 4.79 Å². The molecule has 1 aromatic heterocycles. The summed E-state index contributed by atoms with van der Waals surface area (Å²) in [5.74, 6) is 0.518. The second kappa shape index (κ2) is 3.99. The smallest absolute Gasteiger partial charge is 0.316 e. The monoisotopic (exact) mass is 245 g/mol. The van der Waals surface area contributed by atoms with E-state index < -0.39 is 6.03 Å². The number of aromatic nitrogens is 4. The van der Waals surface area contributed by atoms with Crippen LogP contribution in [0.3, 0.4) is 0 Å². The van der Waals surface area contributed by atoms with Crippen molar-refractivity contribution in [2.75, 3.05) is 16.8 Å². The van der Waals surface area contributed by atoms with Crippen molar-refractivity contribution in [2.45, 2.75) is 6.42 Å². The van der Waals surface area contributed by atoms with Gasteiger partial charge in [0.25, 0.3) is 5.95 Å². The average Bonchev–Trinajstić information content (AvgIpc) is 2.94. The lowest BCUT2D eigenvalue weighted by molar-refractivity contribution is 0.259. The van der Waals surface area contributed by atoms with Crippen LogP contribution in [0.1, 0.15) is 5.56 Å². The molecule has 2 heterocycles. The number of hydrogen-bond donors (Lipinski definition) is 3. The number of aromatic amines is 1. The van der Waals surface area contributed by atoms with Crippen LogP contribution in [0.4, 0.5) is 22.1 Å². The van der Waals surface area contributed by atoms with E-state index in [-0.39, 0.29) is 0 Å². The van der Waals surface area contributed by atoms with E-state index in [0.29, 0.717) is 11.6 Å². The van der Waals surface area contributed by atoms with E-state index in [1.165, 1.54) is 5.56 Å². The first-order valence-electron chi connectivity index (χ1n) is 5.44. The molecule has 1 aromatic carbocycles. The summed E-state index contributed by atoms with van der Waals surface area (Å²) in [5, 5.41) is 16.4. The average molecular weight is 245 g/mol. The molecule has 3 rings (SSSR count). The van der Waals surface area contributed by atoms with Crippen LogP contribution < -0.4 is 16.0 Å². The zero-order valence-electron chi connectivity index (χ0n) is 9.42. The van der Waals surface area contributed by atoms with E-state index in [2.05, 4.69) is 25.9 Å². The van der Waals surface area contributed by atoms with Gasteiger partial charge in [-0.3, -0.25) is 0 Å². The van der Waals surface area contributed by atoms with Gasteiger partial charge in [-0.15, -0.1) is 5.10 Å². The number of hydrogen-bond acceptors (Lipinski definition) is 5. The minimum Gasteiger partial charge on any atom is -0.351 e. The zero-order valence-corrected chi connectivity index (χ0v) is 9.42. The Balaban J connectivity index is 1.96. The molecular formula is C10H11N7O. The van der Waals surface area contributed by atoms with Gasteiger partial charge in [-0.05, 0) is 29.3 Å². The molecule has 8 heteroatoms. The predicted molar refractivity (Wildman–Crippen MR) is 64.5 cm³/mol. The second-order valence-electron chi connectivity index (χ2n) is 3.95. The maximum absolute atomic E-state index is 10.8. The number of tetrazole rings is 1. The molecule has 0 fully saturated rings. The fourth-order valence-corrected chi connectivity index (χ4v) is 2.08. The minimum absolute atomic E-state index is 0.518. The first kappa shape index (κ1) is 10.5. The first-order chi connectivity index (χ1) is 8.74. The van der Waals surface area contributed by atoms with Crippen LogP contribution in [0.2, 0.25) is 0 Å². The molecule has 1 aliphatic heterocycles. The summed E-state index contributed by atoms with van der Waals surface area (Å²) >= 11 is 0. The van der Waals surface area contributed by atoms with Crippen LogP contribution in [0.5, 0.6) is 0 Å². The molecule has 0 spiro atoms. The van der Waals surface area contributed by atoms with Gasteiger partial charge in [-0.1, -0.05) is 11.2 Å². The van der Waals surface area contributed by atoms with Crippen molar-refractivity contribution in [3.05, 3.63) is 23.8 Å². The van der Waals surface area contributed by atoms with Gasteiger partial charge in [-0.2, -0.15) is 5.21 Å². The lowest BCUT2D eigenvalue weighted by Gasteiger charge is -2.14. The molecular weight excluding hydrogens is 234 g/mol. The van der Waals surface area contributed by atoms with Crippen molar-refractivity contribution >= 4 is 23.4 Å². The van der Waals surface area contributed by atoms with E-state index >= 15 is 0 Å². The van der Waals surface area contributed by atoms with E-state index in [0.717, 1.165) is 18.7 Å². The van der Waals surface area contributed by atoms with E-state index in [1.54, 1.807) is 0 Å². The van der Waals surface area contributed by atoms with Crippen molar-refractivity contribution in [2.24, 2.45) is 5.73 Å². The van der Waals surface area contributed by atoms with Crippen LogP contribution in [-0.4, -0.2) is 33.2 Å². The third kappa shape index (κ3) is 1.73. The molecule has 92 valence electrons. The molecule has 8 nitrogen and oxygen atoms in total. The number of carbonyl (C=O) groups is 1. The molecule has 0 unspecified atom stereocenters. The Morgan fingerprint density at radius 1 is 1.50 bits per heavy atom. The lowest BCUT2D eigenvalue weighted by atomic mass is 10.1. The summed E-state index contributed by atoms with van der Waals surface area (Å²) in [4.78, 5) is 12.8. The van der Waals surface area contributed by atoms with Gasteiger partial charge in [0.05, 0.1) is 0 Å². The number of benzene rings is 1. The van der Waals surface area contributed by atoms with Crippen molar-refractivity contribution in [1.82, 2.24) is 20.6 Å². The molecule has 0 aliphatic carbocycles. The number of nitrogens with two attached hydrogens (primary N) is 1. The number of nitrogens with zero attached hydrogens (tertiary/aromatic N) is 4. The molecule has 0 atom stereocenters. The Morgan fingerprint density at radius 2 is 2.39 bits per heavy atom. The van der Waals surface area contributed by atoms with Crippen LogP contribution in [0.15, 0.2) is 18.2 Å². The Hall–Kier alpha value is -2.64. The standard InChI is InChI=1S/C10H11N7O/c11-9(18)12-7-2-1-6-3-4-17(8(6)5-7)10-13-15-16-14-10/h1-2,5H,3-4H2,(H3,11,12,18)(H,13,14,15,16). The fraction of sp³-hybridized carbons (Fsp3) is 0.200. The number of nitrogens with one attached hydrogen (secondary N) is 2. The maximum Gasteiger partial charge on any atom is 0.316 e. The highest BCUT2D eigenvalue weighted by Crippen LogP contribution is 2.34. The Morgan fingerprint density at radius 3 is 3.11 bits per heavy atom. The highest BCUT2D eigenvalue weighted by Gasteiger charge is 2.23. The van der Waals surface area contributed by atoms with Gasteiger partial charge in [0.15, 0.2) is 0 Å². The summed E-state index contributed by atoms with van der Waals surface area (Å²) in [7, 11) is 0. The van der Waals surface area contributed by atoms with Crippen LogP contribution in [0.25, 0.3) is 0 Å². The number of carbonyl (C=O) groups excluding carboxylic acids is 1. The van der Waals surface area contributed by atoms with Gasteiger partial charge < -0.3 is 16.0 Å². The Kier molecular flexibility index (Phi) is 2.33. The number of H-pyrrole nitrogens is 1. The summed E-state index contributed by atoms with van der Waals surface area (Å²) < 4.78 is 0. The van der Waals surface area contributed by atoms with Gasteiger partial charge >= 0.3 is 6.03 Å². The highest BCUT2D eigenvalue weighted by atomic mass is 16.2. The van der Waals surface area contributed by atoms with Gasteiger partial charge in [0.2, 0.25) is 0 Å². The quantitative estimate of drug-likeness (QED) is 0.708. The van der Waals surface area contributed by atoms with E-state index in [4.69, 9.17) is 5.73 Å². The highest BCUT2D eigenvalue weighted by molar-refractivity contribution is 5.89. The topological polar surface area (TPSA) is 113 Å². The van der Waals surface area contributed by atoms with Gasteiger partial charge in [0, 0.05) is 17.9 Å². The van der Waals surface area contributed by atoms with Crippen LogP contribution in [0, 0.1) is 0 Å². The van der Waals surface area contributed by atoms with Crippen molar-refractivity contribution in [1.29, 1.82) is 0 Å². The molecule has 2 amide bonds. The summed E-state index contributed by atoms with van der Waals surface area (Å²) in [6.07, 6.45) is 0.903. The molecule has 0 saturated carbocycles. The molecule has 2 aromatic rings. The number of amides is 2. The summed E-state index contributed by atoms with van der Waals surface area (Å²) in [6.45, 7) is 0.787. The third-order valence-corrected chi connectivity index (χ3v) is 2.82. The van der Waals surface area contributed by atoms with Crippen molar-refractivity contribution < 1.29 is 4.79 Å². The number of anilines is 3. The van der Waals surface area contributed by atoms with Crippen molar-refractivity contribution in [3.8, 4) is 0 Å². The predicted octanol–water partition coefficient (Wildman–Crippen LogP) is 0.384. The second-order valence-corrected chi connectivity index (χ2v) is 3.95. The number of fused-ring (bicyclic) bond motifs is 1. The molecule has 18 heavy (non-hydrogen) atoms. The molecule has 0 saturated heterocycles. The molecule has 0 radical (unpaired) electrons. The molecule has 1 aliphatic rings. The summed E-state index contributed by atoms with van der Waals surface area (Å²) in [6, 6.07) is 5.05. The molecule has 0 bridgehead atoms. The normalized spacial score (nSPS) is 13.4. The number of urea groups is 1. The van der Waals surface area contributed by atoms with Crippen LogP contribution >= 0.6 is 0 Å². The number of rotatable bonds is 2. The first-order valence-corrected chi connectivity index (χ1v) is 5.44. The SMILES string of the molecule is NC(=O)Nc1ccc2c(c1)N(c1nn[nH]n1)CC2. The minimum atomic E-state index is -0.584. The lowest BCUT2D eigenvalue weighted by Crippen LogP contribution is -2.19. The summed E-state index contributed by atoms with van der Waals surface area (Å²) in [5.41, 5.74) is 7.88. The maximum atomic E-state index is 10.8. The third-order valence-electron chi connectivity index (χ3n) is 2.82. The molecule has 4 N–H and O–H groups in total. The zero-order chi connectivity index (χ0) is 12.5. The van der Waals surface area contributed by atoms with Crippen LogP contribution in [-0.2, 0) is 6.42 Å². The fourth-order valence-electron chi connectivity index (χ4n) is 2.08. The largest absolute Gasteiger partial charge is 0.351 e. The van der Waals surface area contributed by atoms with Crippen molar-refractivity contribution in [3.63, 3.8) is 0 Å². The Labute approximate surface area is 102 Å². The van der Waals surface area contributed by atoms with Gasteiger partial charge in [0.1, 0.15) is 0 Å². The Bertz CT molecular complexity index is 580. The number of primary amides is 1.